The number of fused-ring (bicyclic) bond motifs is 1. The van der Waals surface area contributed by atoms with E-state index in [9.17, 15) is 4.79 Å². The first-order valence-corrected chi connectivity index (χ1v) is 5.06. The number of anilines is 1. The Hall–Kier alpha value is -2.04. The largest absolute Gasteiger partial charge is 0.447 e. The number of H-pyrrole nitrogens is 1. The minimum atomic E-state index is -0.450. The van der Waals surface area contributed by atoms with E-state index in [1.54, 1.807) is 26.2 Å². The third-order valence-electron chi connectivity index (χ3n) is 2.01. The van der Waals surface area contributed by atoms with Crippen LogP contribution in [0.4, 0.5) is 10.5 Å². The number of benzene rings is 1. The monoisotopic (exact) mass is 219 g/mol. The van der Waals surface area contributed by atoms with Crippen molar-refractivity contribution in [3.8, 4) is 0 Å². The molecule has 0 spiro atoms. The van der Waals surface area contributed by atoms with Gasteiger partial charge < -0.3 is 9.72 Å². The molecule has 0 saturated heterocycles. The van der Waals surface area contributed by atoms with Crippen LogP contribution in [0.1, 0.15) is 13.8 Å². The molecule has 0 aliphatic heterocycles. The molecule has 0 aliphatic rings. The molecule has 16 heavy (non-hydrogen) atoms. The number of aromatic nitrogens is 2. The Morgan fingerprint density at radius 2 is 2.31 bits per heavy atom. The minimum Gasteiger partial charge on any atom is -0.447 e. The van der Waals surface area contributed by atoms with Crippen LogP contribution >= 0.6 is 0 Å². The van der Waals surface area contributed by atoms with Crippen LogP contribution in [0.2, 0.25) is 0 Å². The molecule has 2 rings (SSSR count). The number of hydrogen-bond acceptors (Lipinski definition) is 3. The van der Waals surface area contributed by atoms with Crippen molar-refractivity contribution >= 4 is 22.8 Å². The summed E-state index contributed by atoms with van der Waals surface area (Å²) in [6.45, 7) is 3.61. The van der Waals surface area contributed by atoms with E-state index in [0.717, 1.165) is 11.0 Å². The number of ether oxygens (including phenoxy) is 1. The fourth-order valence-corrected chi connectivity index (χ4v) is 1.37. The summed E-state index contributed by atoms with van der Waals surface area (Å²) in [4.78, 5) is 18.4. The molecule has 1 aromatic heterocycles. The number of nitrogens with zero attached hydrogens (tertiary/aromatic N) is 1. The van der Waals surface area contributed by atoms with Crippen LogP contribution in [0.15, 0.2) is 24.5 Å². The number of imidazole rings is 1. The third-order valence-corrected chi connectivity index (χ3v) is 2.01. The highest BCUT2D eigenvalue weighted by Gasteiger charge is 2.06. The van der Waals surface area contributed by atoms with Crippen molar-refractivity contribution in [2.75, 3.05) is 5.32 Å². The zero-order chi connectivity index (χ0) is 11.5. The van der Waals surface area contributed by atoms with Crippen molar-refractivity contribution in [3.05, 3.63) is 24.5 Å². The zero-order valence-electron chi connectivity index (χ0n) is 9.15. The van der Waals surface area contributed by atoms with Gasteiger partial charge in [0.25, 0.3) is 0 Å². The molecule has 1 aromatic carbocycles. The first-order valence-electron chi connectivity index (χ1n) is 5.06. The summed E-state index contributed by atoms with van der Waals surface area (Å²) in [6.07, 6.45) is 1.03. The van der Waals surface area contributed by atoms with E-state index in [1.165, 1.54) is 0 Å². The minimum absolute atomic E-state index is 0.129. The molecule has 0 radical (unpaired) electrons. The lowest BCUT2D eigenvalue weighted by atomic mass is 10.3. The molecular weight excluding hydrogens is 206 g/mol. The van der Waals surface area contributed by atoms with E-state index >= 15 is 0 Å². The summed E-state index contributed by atoms with van der Waals surface area (Å²) in [5.74, 6) is 0. The number of aromatic amines is 1. The molecule has 0 saturated carbocycles. The van der Waals surface area contributed by atoms with E-state index < -0.39 is 6.09 Å². The molecule has 5 nitrogen and oxygen atoms in total. The fraction of sp³-hybridized carbons (Fsp3) is 0.273. The van der Waals surface area contributed by atoms with Crippen molar-refractivity contribution in [1.82, 2.24) is 9.97 Å². The van der Waals surface area contributed by atoms with Crippen LogP contribution in [-0.4, -0.2) is 22.2 Å². The number of rotatable bonds is 2. The highest BCUT2D eigenvalue weighted by atomic mass is 16.6. The van der Waals surface area contributed by atoms with Gasteiger partial charge in [-0.2, -0.15) is 0 Å². The number of carbonyl (C=O) groups excluding carboxylic acids is 1. The number of nitrogens with one attached hydrogen (secondary N) is 2. The Bertz CT molecular complexity index is 505. The van der Waals surface area contributed by atoms with Crippen LogP contribution in [0, 0.1) is 0 Å². The quantitative estimate of drug-likeness (QED) is 0.815. The summed E-state index contributed by atoms with van der Waals surface area (Å²) in [5.41, 5.74) is 2.42. The van der Waals surface area contributed by atoms with Gasteiger partial charge in [0.2, 0.25) is 0 Å². The summed E-state index contributed by atoms with van der Waals surface area (Å²) < 4.78 is 4.97. The average Bonchev–Trinajstić information content (AvgIpc) is 2.63. The van der Waals surface area contributed by atoms with Gasteiger partial charge in [-0.25, -0.2) is 9.78 Å². The maximum Gasteiger partial charge on any atom is 0.411 e. The van der Waals surface area contributed by atoms with Gasteiger partial charge in [0.1, 0.15) is 0 Å². The number of carbonyl (C=O) groups is 1. The van der Waals surface area contributed by atoms with Crippen LogP contribution in [0.25, 0.3) is 11.0 Å². The molecule has 0 fully saturated rings. The lowest BCUT2D eigenvalue weighted by molar-refractivity contribution is 0.130. The molecule has 0 unspecified atom stereocenters. The van der Waals surface area contributed by atoms with E-state index in [1.807, 2.05) is 12.1 Å². The Kier molecular flexibility index (Phi) is 2.76. The van der Waals surface area contributed by atoms with Gasteiger partial charge in [-0.05, 0) is 32.0 Å². The Labute approximate surface area is 92.8 Å². The van der Waals surface area contributed by atoms with E-state index in [4.69, 9.17) is 4.74 Å². The lowest BCUT2D eigenvalue weighted by Gasteiger charge is -2.09. The Morgan fingerprint density at radius 1 is 1.50 bits per heavy atom. The standard InChI is InChI=1S/C11H13N3O2/c1-7(2)16-11(15)14-8-3-4-9-10(5-8)13-6-12-9/h3-7H,1-2H3,(H,12,13)(H,14,15). The lowest BCUT2D eigenvalue weighted by Crippen LogP contribution is -2.17. The van der Waals surface area contributed by atoms with Crippen LogP contribution < -0.4 is 5.32 Å². The van der Waals surface area contributed by atoms with E-state index in [0.29, 0.717) is 5.69 Å². The molecule has 2 aromatic rings. The van der Waals surface area contributed by atoms with Crippen molar-refractivity contribution in [2.24, 2.45) is 0 Å². The second-order valence-corrected chi connectivity index (χ2v) is 3.71. The molecule has 84 valence electrons. The molecular formula is C11H13N3O2. The highest BCUT2D eigenvalue weighted by Crippen LogP contribution is 2.15. The van der Waals surface area contributed by atoms with Gasteiger partial charge in [-0.3, -0.25) is 5.32 Å². The van der Waals surface area contributed by atoms with Crippen molar-refractivity contribution < 1.29 is 9.53 Å². The normalized spacial score (nSPS) is 10.7. The third kappa shape index (κ3) is 2.31. The van der Waals surface area contributed by atoms with Crippen LogP contribution in [-0.2, 0) is 4.74 Å². The first kappa shape index (κ1) is 10.5. The van der Waals surface area contributed by atoms with Crippen LogP contribution in [0.5, 0.6) is 0 Å². The van der Waals surface area contributed by atoms with E-state index in [-0.39, 0.29) is 6.10 Å². The van der Waals surface area contributed by atoms with Gasteiger partial charge in [-0.15, -0.1) is 0 Å². The smallest absolute Gasteiger partial charge is 0.411 e. The fourth-order valence-electron chi connectivity index (χ4n) is 1.37. The van der Waals surface area contributed by atoms with Gasteiger partial charge in [-0.1, -0.05) is 0 Å². The van der Waals surface area contributed by atoms with Gasteiger partial charge in [0.15, 0.2) is 0 Å². The second kappa shape index (κ2) is 4.22. The second-order valence-electron chi connectivity index (χ2n) is 3.71. The molecule has 2 N–H and O–H groups in total. The van der Waals surface area contributed by atoms with E-state index in [2.05, 4.69) is 15.3 Å². The molecule has 0 atom stereocenters. The predicted molar refractivity (Wildman–Crippen MR) is 61.3 cm³/mol. The summed E-state index contributed by atoms with van der Waals surface area (Å²) in [7, 11) is 0. The Morgan fingerprint density at radius 3 is 3.06 bits per heavy atom. The topological polar surface area (TPSA) is 67.0 Å². The average molecular weight is 219 g/mol. The zero-order valence-corrected chi connectivity index (χ0v) is 9.15. The molecule has 0 bridgehead atoms. The van der Waals surface area contributed by atoms with Gasteiger partial charge >= 0.3 is 6.09 Å². The predicted octanol–water partition coefficient (Wildman–Crippen LogP) is 2.52. The van der Waals surface area contributed by atoms with Crippen molar-refractivity contribution in [1.29, 1.82) is 0 Å². The maximum absolute atomic E-state index is 11.3. The summed E-state index contributed by atoms with van der Waals surface area (Å²) in [6, 6.07) is 5.42. The molecule has 0 aliphatic carbocycles. The van der Waals surface area contributed by atoms with Crippen molar-refractivity contribution in [2.45, 2.75) is 20.0 Å². The van der Waals surface area contributed by atoms with Crippen LogP contribution in [0.3, 0.4) is 0 Å². The van der Waals surface area contributed by atoms with Crippen molar-refractivity contribution in [3.63, 3.8) is 0 Å². The number of amides is 1. The first-order chi connectivity index (χ1) is 7.65. The highest BCUT2D eigenvalue weighted by molar-refractivity contribution is 5.88. The summed E-state index contributed by atoms with van der Waals surface area (Å²) in [5, 5.41) is 2.65. The summed E-state index contributed by atoms with van der Waals surface area (Å²) >= 11 is 0. The van der Waals surface area contributed by atoms with Gasteiger partial charge in [0.05, 0.1) is 23.5 Å². The van der Waals surface area contributed by atoms with Gasteiger partial charge in [0, 0.05) is 5.69 Å². The molecule has 5 heteroatoms. The Balaban J connectivity index is 2.11. The molecule has 1 amide bonds. The maximum atomic E-state index is 11.3. The SMILES string of the molecule is CC(C)OC(=O)Nc1ccc2nc[nH]c2c1. The molecule has 1 heterocycles. The number of hydrogen-bond donors (Lipinski definition) is 2.